The van der Waals surface area contributed by atoms with Gasteiger partial charge in [0.25, 0.3) is 0 Å². The fourth-order valence-corrected chi connectivity index (χ4v) is 5.31. The van der Waals surface area contributed by atoms with Crippen LogP contribution in [0.25, 0.3) is 0 Å². The zero-order valence-electron chi connectivity index (χ0n) is 30.1. The van der Waals surface area contributed by atoms with E-state index >= 15 is 0 Å². The number of hydrogen-bond acceptors (Lipinski definition) is 14. The van der Waals surface area contributed by atoms with E-state index in [1.54, 1.807) is 25.3 Å². The maximum absolute atomic E-state index is 9.09. The monoisotopic (exact) mass is 828 g/mol. The zero-order chi connectivity index (χ0) is 40.4. The number of morpholine rings is 1. The van der Waals surface area contributed by atoms with E-state index in [9.17, 15) is 0 Å². The van der Waals surface area contributed by atoms with E-state index in [4.69, 9.17) is 113 Å². The van der Waals surface area contributed by atoms with Gasteiger partial charge in [0.15, 0.2) is 0 Å². The molecule has 1 heterocycles. The minimum Gasteiger partial charge on any atom is -0.506 e. The maximum atomic E-state index is 9.09. The number of anilines is 5. The van der Waals surface area contributed by atoms with Crippen molar-refractivity contribution in [2.45, 2.75) is 12.8 Å². The molecule has 54 heavy (non-hydrogen) atoms. The molecular weight excluding hydrogens is 786 g/mol. The van der Waals surface area contributed by atoms with Gasteiger partial charge >= 0.3 is 0 Å². The van der Waals surface area contributed by atoms with Gasteiger partial charge in [-0.2, -0.15) is 5.26 Å². The van der Waals surface area contributed by atoms with Gasteiger partial charge in [0.2, 0.25) is 0 Å². The molecule has 4 aromatic carbocycles. The Morgan fingerprint density at radius 3 is 1.65 bits per heavy atom. The van der Waals surface area contributed by atoms with E-state index < -0.39 is 0 Å². The Kier molecular flexibility index (Phi) is 19.3. The van der Waals surface area contributed by atoms with Crippen LogP contribution in [0.15, 0.2) is 48.5 Å². The molecule has 0 unspecified atom stereocenters. The highest BCUT2D eigenvalue weighted by Crippen LogP contribution is 2.37. The third-order valence-corrected chi connectivity index (χ3v) is 8.42. The standard InChI is InChI=1S/C11H15ClN2O2.C11H13ClN2O2.2C7H8ClNO2/c1-15-11-7-10(9(13)6-8(11)12)14-2-4-16-5-3-14;1-15-11-7-10(8(12)6-9(11)14)16-5-3-2-4-13;1-11-7-3-6(10)5(9)2-4(7)8;1-11-7-3-6(10)4(8)2-5(7)9/h6-7H,2-5,13H2,1H3;6-7H,2-3,5,14H2,1H3;2*2-3,10H,9H2,1H3. The van der Waals surface area contributed by atoms with E-state index in [0.717, 1.165) is 32.0 Å². The first-order valence-corrected chi connectivity index (χ1v) is 17.4. The van der Waals surface area contributed by atoms with Crippen molar-refractivity contribution in [1.29, 1.82) is 5.26 Å². The lowest BCUT2D eigenvalue weighted by Gasteiger charge is -2.30. The second-order valence-corrected chi connectivity index (χ2v) is 12.5. The number of nitriles is 1. The molecule has 0 atom stereocenters. The van der Waals surface area contributed by atoms with Crippen LogP contribution in [0.4, 0.5) is 28.4 Å². The van der Waals surface area contributed by atoms with Crippen molar-refractivity contribution in [3.63, 3.8) is 0 Å². The van der Waals surface area contributed by atoms with Crippen molar-refractivity contribution in [2.24, 2.45) is 0 Å². The number of unbranched alkanes of at least 4 members (excludes halogenated alkanes) is 1. The van der Waals surface area contributed by atoms with Crippen LogP contribution < -0.4 is 51.5 Å². The number of phenolic OH excluding ortho intramolecular Hbond substituents is 2. The molecule has 0 bridgehead atoms. The highest BCUT2D eigenvalue weighted by Gasteiger charge is 2.16. The maximum Gasteiger partial charge on any atom is 0.145 e. The molecule has 294 valence electrons. The summed E-state index contributed by atoms with van der Waals surface area (Å²) in [4.78, 5) is 2.18. The molecule has 5 rings (SSSR count). The largest absolute Gasteiger partial charge is 0.506 e. The smallest absolute Gasteiger partial charge is 0.145 e. The number of halogens is 4. The fourth-order valence-electron chi connectivity index (χ4n) is 4.41. The van der Waals surface area contributed by atoms with Crippen LogP contribution in [0, 0.1) is 11.3 Å². The van der Waals surface area contributed by atoms with Crippen LogP contribution in [0.2, 0.25) is 20.1 Å². The molecule has 1 fully saturated rings. The number of ether oxygens (including phenoxy) is 6. The lowest BCUT2D eigenvalue weighted by Crippen LogP contribution is -2.36. The summed E-state index contributed by atoms with van der Waals surface area (Å²) in [5.41, 5.74) is 25.2. The first-order valence-electron chi connectivity index (χ1n) is 15.9. The summed E-state index contributed by atoms with van der Waals surface area (Å²) in [6, 6.07) is 14.5. The molecule has 18 heteroatoms. The third-order valence-electron chi connectivity index (χ3n) is 7.23. The van der Waals surface area contributed by atoms with Crippen molar-refractivity contribution >= 4 is 74.8 Å². The minimum absolute atomic E-state index is 0.0220. The van der Waals surface area contributed by atoms with Gasteiger partial charge in [0.1, 0.15) is 40.2 Å². The zero-order valence-corrected chi connectivity index (χ0v) is 33.2. The van der Waals surface area contributed by atoms with Gasteiger partial charge in [-0.25, -0.2) is 0 Å². The molecule has 10 N–H and O–H groups in total. The summed E-state index contributed by atoms with van der Waals surface area (Å²) in [7, 11) is 6.06. The summed E-state index contributed by atoms with van der Waals surface area (Å²) < 4.78 is 30.6. The van der Waals surface area contributed by atoms with Gasteiger partial charge in [-0.05, 0) is 30.7 Å². The molecule has 0 aromatic heterocycles. The number of rotatable bonds is 9. The highest BCUT2D eigenvalue weighted by atomic mass is 35.5. The van der Waals surface area contributed by atoms with E-state index in [0.29, 0.717) is 80.3 Å². The molecular formula is C36H44Cl4N6O8. The van der Waals surface area contributed by atoms with Gasteiger partial charge in [0, 0.05) is 43.8 Å². The van der Waals surface area contributed by atoms with E-state index in [1.807, 2.05) is 12.1 Å². The number of nitrogen functional groups attached to an aromatic ring is 4. The van der Waals surface area contributed by atoms with E-state index in [1.165, 1.54) is 45.6 Å². The van der Waals surface area contributed by atoms with Crippen molar-refractivity contribution in [3.05, 3.63) is 68.6 Å². The van der Waals surface area contributed by atoms with E-state index in [-0.39, 0.29) is 22.2 Å². The van der Waals surface area contributed by atoms with Crippen LogP contribution in [-0.4, -0.2) is 71.6 Å². The van der Waals surface area contributed by atoms with Crippen LogP contribution in [0.5, 0.6) is 40.2 Å². The Morgan fingerprint density at radius 1 is 0.630 bits per heavy atom. The Labute approximate surface area is 334 Å². The van der Waals surface area contributed by atoms with Crippen molar-refractivity contribution in [3.8, 4) is 46.3 Å². The van der Waals surface area contributed by atoms with Crippen LogP contribution in [0.1, 0.15) is 12.8 Å². The quantitative estimate of drug-likeness (QED) is 0.0412. The Morgan fingerprint density at radius 2 is 1.09 bits per heavy atom. The number of aromatic hydroxyl groups is 2. The number of nitrogens with two attached hydrogens (primary N) is 4. The molecule has 0 saturated carbocycles. The van der Waals surface area contributed by atoms with Crippen molar-refractivity contribution in [1.82, 2.24) is 0 Å². The first kappa shape index (κ1) is 45.2. The lowest BCUT2D eigenvalue weighted by atomic mass is 10.2. The Bertz CT molecular complexity index is 1800. The summed E-state index contributed by atoms with van der Waals surface area (Å²) >= 11 is 23.2. The van der Waals surface area contributed by atoms with Gasteiger partial charge in [-0.15, -0.1) is 0 Å². The summed E-state index contributed by atoms with van der Waals surface area (Å²) in [6.45, 7) is 3.58. The Hall–Kier alpha value is -4.91. The number of phenols is 2. The predicted octanol–water partition coefficient (Wildman–Crippen LogP) is 7.65. The summed E-state index contributed by atoms with van der Waals surface area (Å²) in [6.07, 6.45) is 1.13. The Balaban J connectivity index is 0.000000253. The summed E-state index contributed by atoms with van der Waals surface area (Å²) in [5, 5.41) is 28.1. The number of methoxy groups -OCH3 is 4. The molecule has 1 saturated heterocycles. The molecule has 0 aliphatic carbocycles. The molecule has 0 spiro atoms. The molecule has 1 aliphatic rings. The normalized spacial score (nSPS) is 11.6. The lowest BCUT2D eigenvalue weighted by molar-refractivity contribution is 0.122. The second-order valence-electron chi connectivity index (χ2n) is 10.9. The van der Waals surface area contributed by atoms with Crippen molar-refractivity contribution < 1.29 is 38.6 Å². The SMILES string of the molecule is COc1cc(N2CCOCC2)c(N)cc1Cl.COc1cc(O)c(Cl)cc1N.COc1cc(O)c(N)cc1Cl.COc1cc(OCCCC#N)c(Cl)cc1N. The highest BCUT2D eigenvalue weighted by molar-refractivity contribution is 6.33. The number of hydrogen-bond donors (Lipinski definition) is 6. The number of nitrogens with zero attached hydrogens (tertiary/aromatic N) is 2. The first-order chi connectivity index (χ1) is 25.7. The van der Waals surface area contributed by atoms with E-state index in [2.05, 4.69) is 4.90 Å². The minimum atomic E-state index is -0.0299. The van der Waals surface area contributed by atoms with Crippen LogP contribution in [0.3, 0.4) is 0 Å². The van der Waals surface area contributed by atoms with Crippen LogP contribution >= 0.6 is 46.4 Å². The third kappa shape index (κ3) is 13.8. The average Bonchev–Trinajstić information content (AvgIpc) is 3.15. The van der Waals surface area contributed by atoms with Crippen molar-refractivity contribution in [2.75, 3.05) is 89.2 Å². The molecule has 0 amide bonds. The number of benzene rings is 4. The summed E-state index contributed by atoms with van der Waals surface area (Å²) in [5.74, 6) is 2.48. The van der Waals surface area contributed by atoms with Gasteiger partial charge in [-0.3, -0.25) is 0 Å². The molecule has 4 aromatic rings. The average molecular weight is 831 g/mol. The van der Waals surface area contributed by atoms with Gasteiger partial charge < -0.3 is 66.5 Å². The van der Waals surface area contributed by atoms with Crippen LogP contribution in [-0.2, 0) is 4.74 Å². The van der Waals surface area contributed by atoms with Gasteiger partial charge in [-0.1, -0.05) is 46.4 Å². The second kappa shape index (κ2) is 23.0. The molecule has 0 radical (unpaired) electrons. The van der Waals surface area contributed by atoms with Gasteiger partial charge in [0.05, 0.1) is 103 Å². The predicted molar refractivity (Wildman–Crippen MR) is 216 cm³/mol. The molecule has 14 nitrogen and oxygen atoms in total. The fraction of sp³-hybridized carbons (Fsp3) is 0.306. The topological polar surface area (TPSA) is 227 Å². The molecule has 1 aliphatic heterocycles.